The number of benzene rings is 3. The van der Waals surface area contributed by atoms with Crippen LogP contribution in [0, 0.1) is 17.0 Å². The molecule has 3 aromatic rings. The van der Waals surface area contributed by atoms with Gasteiger partial charge in [-0.15, -0.1) is 0 Å². The van der Waals surface area contributed by atoms with Gasteiger partial charge >= 0.3 is 0 Å². The lowest BCUT2D eigenvalue weighted by Gasteiger charge is -2.34. The van der Waals surface area contributed by atoms with Crippen molar-refractivity contribution in [2.24, 2.45) is 0 Å². The molecule has 1 atom stereocenters. The van der Waals surface area contributed by atoms with Gasteiger partial charge in [-0.1, -0.05) is 55.0 Å². The number of nitrogens with one attached hydrogen (secondary N) is 1. The molecule has 11 heteroatoms. The molecule has 0 aliphatic heterocycles. The Morgan fingerprint density at radius 3 is 2.15 bits per heavy atom. The van der Waals surface area contributed by atoms with Gasteiger partial charge in [0.25, 0.3) is 15.7 Å². The van der Waals surface area contributed by atoms with Crippen molar-refractivity contribution in [3.8, 4) is 0 Å². The number of sulfonamides is 1. The number of carbonyl (C=O) groups is 2. The molecule has 0 saturated carbocycles. The highest BCUT2D eigenvalue weighted by atomic mass is 32.2. The highest BCUT2D eigenvalue weighted by Gasteiger charge is 2.34. The third-order valence-corrected chi connectivity index (χ3v) is 8.07. The van der Waals surface area contributed by atoms with Gasteiger partial charge in [-0.05, 0) is 63.9 Å². The third kappa shape index (κ3) is 8.14. The summed E-state index contributed by atoms with van der Waals surface area (Å²) in [4.78, 5) is 39.4. The van der Waals surface area contributed by atoms with Gasteiger partial charge in [0.2, 0.25) is 11.8 Å². The molecule has 0 saturated heterocycles. The van der Waals surface area contributed by atoms with Crippen molar-refractivity contribution in [1.29, 1.82) is 0 Å². The number of nitrogens with zero attached hydrogens (tertiary/aromatic N) is 3. The van der Waals surface area contributed by atoms with Crippen LogP contribution in [0.2, 0.25) is 0 Å². The van der Waals surface area contributed by atoms with E-state index in [1.807, 2.05) is 52.0 Å². The first-order valence-corrected chi connectivity index (χ1v) is 14.7. The van der Waals surface area contributed by atoms with Crippen LogP contribution in [0.1, 0.15) is 45.2 Å². The molecule has 0 aliphatic carbocycles. The van der Waals surface area contributed by atoms with Crippen LogP contribution in [0.4, 0.5) is 11.4 Å². The summed E-state index contributed by atoms with van der Waals surface area (Å²) in [5.74, 6) is -0.950. The van der Waals surface area contributed by atoms with Gasteiger partial charge in [-0.2, -0.15) is 0 Å². The maximum absolute atomic E-state index is 14.1. The topological polar surface area (TPSA) is 130 Å². The van der Waals surface area contributed by atoms with Crippen LogP contribution in [0.25, 0.3) is 0 Å². The van der Waals surface area contributed by atoms with Crippen LogP contribution in [0.5, 0.6) is 0 Å². The summed E-state index contributed by atoms with van der Waals surface area (Å²) in [5, 5.41) is 14.1. The molecule has 0 radical (unpaired) electrons. The minimum absolute atomic E-state index is 0.0473. The van der Waals surface area contributed by atoms with E-state index in [0.29, 0.717) is 6.42 Å². The van der Waals surface area contributed by atoms with E-state index in [1.165, 1.54) is 41.3 Å². The first-order chi connectivity index (χ1) is 19.2. The number of amides is 2. The molecular weight excluding hydrogens is 544 g/mol. The second-order valence-corrected chi connectivity index (χ2v) is 12.6. The Bertz CT molecular complexity index is 1490. The zero-order valence-electron chi connectivity index (χ0n) is 23.9. The highest BCUT2D eigenvalue weighted by Crippen LogP contribution is 2.27. The Kier molecular flexibility index (Phi) is 9.88. The number of carbonyl (C=O) groups excluding carboxylic acids is 2. The fourth-order valence-electron chi connectivity index (χ4n) is 4.37. The normalized spacial score (nSPS) is 12.3. The monoisotopic (exact) mass is 580 g/mol. The summed E-state index contributed by atoms with van der Waals surface area (Å²) < 4.78 is 28.6. The first-order valence-electron chi connectivity index (χ1n) is 13.2. The van der Waals surface area contributed by atoms with Gasteiger partial charge in [0.05, 0.1) is 15.5 Å². The molecule has 3 rings (SSSR count). The van der Waals surface area contributed by atoms with Crippen molar-refractivity contribution >= 4 is 33.2 Å². The molecule has 41 heavy (non-hydrogen) atoms. The lowest BCUT2D eigenvalue weighted by atomic mass is 10.0. The van der Waals surface area contributed by atoms with E-state index in [0.717, 1.165) is 15.4 Å². The van der Waals surface area contributed by atoms with Crippen LogP contribution < -0.4 is 9.62 Å². The van der Waals surface area contributed by atoms with Crippen LogP contribution in [-0.2, 0) is 26.2 Å². The maximum Gasteiger partial charge on any atom is 0.269 e. The van der Waals surface area contributed by atoms with Crippen molar-refractivity contribution in [2.45, 2.75) is 64.1 Å². The molecule has 0 fully saturated rings. The summed E-state index contributed by atoms with van der Waals surface area (Å²) in [6.07, 6.45) is 0.294. The number of non-ortho nitro benzene ring substituents is 1. The fourth-order valence-corrected chi connectivity index (χ4v) is 5.80. The summed E-state index contributed by atoms with van der Waals surface area (Å²) in [7, 11) is -4.26. The number of nitro benzene ring substituents is 1. The lowest BCUT2D eigenvalue weighted by molar-refractivity contribution is -0.384. The van der Waals surface area contributed by atoms with E-state index in [9.17, 15) is 28.1 Å². The largest absolute Gasteiger partial charge is 0.350 e. The van der Waals surface area contributed by atoms with Crippen molar-refractivity contribution < 1.29 is 22.9 Å². The minimum Gasteiger partial charge on any atom is -0.350 e. The second-order valence-electron chi connectivity index (χ2n) is 10.8. The Labute approximate surface area is 241 Å². The average molecular weight is 581 g/mol. The van der Waals surface area contributed by atoms with Gasteiger partial charge in [-0.3, -0.25) is 24.0 Å². The molecular formula is C30H36N4O6S. The van der Waals surface area contributed by atoms with E-state index in [-0.39, 0.29) is 28.7 Å². The Hall–Kier alpha value is -4.25. The van der Waals surface area contributed by atoms with Crippen molar-refractivity contribution in [1.82, 2.24) is 10.2 Å². The molecule has 0 bridgehead atoms. The molecule has 0 aromatic heterocycles. The van der Waals surface area contributed by atoms with Crippen LogP contribution in [-0.4, -0.2) is 48.2 Å². The molecule has 0 spiro atoms. The van der Waals surface area contributed by atoms with Gasteiger partial charge in [0.1, 0.15) is 12.6 Å². The Balaban J connectivity index is 2.08. The standard InChI is InChI=1S/C30H36N4O6S/c1-6-27(29(36)31-30(3,4)5)32(20-23-12-10-11-22(2)19-23)28(35)21-33(24-15-17-25(18-16-24)34(37)38)41(39,40)26-13-8-7-9-14-26/h7-19,27H,6,20-21H2,1-5H3,(H,31,36)/t27-/m0/s1. The molecule has 2 amide bonds. The van der Waals surface area contributed by atoms with Crippen LogP contribution in [0.3, 0.4) is 0 Å². The van der Waals surface area contributed by atoms with E-state index < -0.39 is 39.0 Å². The average Bonchev–Trinajstić information content (AvgIpc) is 2.91. The van der Waals surface area contributed by atoms with Gasteiger partial charge in [0.15, 0.2) is 0 Å². The molecule has 10 nitrogen and oxygen atoms in total. The number of rotatable bonds is 11. The van der Waals surface area contributed by atoms with Crippen LogP contribution in [0.15, 0.2) is 83.8 Å². The predicted molar refractivity (Wildman–Crippen MR) is 158 cm³/mol. The number of hydrogen-bond acceptors (Lipinski definition) is 6. The SMILES string of the molecule is CC[C@@H](C(=O)NC(C)(C)C)N(Cc1cccc(C)c1)C(=O)CN(c1ccc([N+](=O)[O-])cc1)S(=O)(=O)c1ccccc1. The molecule has 0 heterocycles. The Morgan fingerprint density at radius 1 is 0.976 bits per heavy atom. The summed E-state index contributed by atoms with van der Waals surface area (Å²) in [6.45, 7) is 8.68. The van der Waals surface area contributed by atoms with Gasteiger partial charge in [0, 0.05) is 24.2 Å². The molecule has 1 N–H and O–H groups in total. The van der Waals surface area contributed by atoms with Crippen molar-refractivity contribution in [3.05, 3.63) is 100 Å². The number of nitro groups is 1. The quantitative estimate of drug-likeness (QED) is 0.256. The summed E-state index contributed by atoms with van der Waals surface area (Å²) in [5.41, 5.74) is 1.07. The minimum atomic E-state index is -4.26. The first kappa shape index (κ1) is 31.3. The second kappa shape index (κ2) is 12.9. The third-order valence-electron chi connectivity index (χ3n) is 6.28. The number of aryl methyl sites for hydroxylation is 1. The number of anilines is 1. The van der Waals surface area contributed by atoms with Crippen LogP contribution >= 0.6 is 0 Å². The van der Waals surface area contributed by atoms with E-state index in [1.54, 1.807) is 25.1 Å². The van der Waals surface area contributed by atoms with Crippen molar-refractivity contribution in [3.63, 3.8) is 0 Å². The zero-order chi connectivity index (χ0) is 30.4. The van der Waals surface area contributed by atoms with E-state index >= 15 is 0 Å². The van der Waals surface area contributed by atoms with E-state index in [2.05, 4.69) is 5.32 Å². The van der Waals surface area contributed by atoms with Crippen molar-refractivity contribution in [2.75, 3.05) is 10.8 Å². The van der Waals surface area contributed by atoms with Gasteiger partial charge in [-0.25, -0.2) is 8.42 Å². The Morgan fingerprint density at radius 2 is 1.61 bits per heavy atom. The zero-order valence-corrected chi connectivity index (χ0v) is 24.7. The summed E-state index contributed by atoms with van der Waals surface area (Å²) >= 11 is 0. The smallest absolute Gasteiger partial charge is 0.269 e. The molecule has 3 aromatic carbocycles. The van der Waals surface area contributed by atoms with E-state index in [4.69, 9.17) is 0 Å². The summed E-state index contributed by atoms with van der Waals surface area (Å²) in [6, 6.07) is 19.2. The van der Waals surface area contributed by atoms with Gasteiger partial charge < -0.3 is 10.2 Å². The predicted octanol–water partition coefficient (Wildman–Crippen LogP) is 4.82. The maximum atomic E-state index is 14.1. The lowest BCUT2D eigenvalue weighted by Crippen LogP contribution is -2.55. The molecule has 0 aliphatic rings. The number of hydrogen-bond donors (Lipinski definition) is 1. The molecule has 0 unspecified atom stereocenters. The molecule has 218 valence electrons. The fraction of sp³-hybridized carbons (Fsp3) is 0.333. The highest BCUT2D eigenvalue weighted by molar-refractivity contribution is 7.92.